The minimum atomic E-state index is 0.305. The zero-order valence-electron chi connectivity index (χ0n) is 10.0. The van der Waals surface area contributed by atoms with Crippen molar-refractivity contribution in [2.24, 2.45) is 5.73 Å². The van der Waals surface area contributed by atoms with Gasteiger partial charge in [-0.05, 0) is 39.8 Å². The molecule has 1 aliphatic rings. The molecule has 2 rings (SSSR count). The Morgan fingerprint density at radius 1 is 1.56 bits per heavy atom. The minimum absolute atomic E-state index is 0.305. The number of hydrogen-bond acceptors (Lipinski definition) is 5. The molecule has 5 nitrogen and oxygen atoms in total. The Morgan fingerprint density at radius 3 is 3.06 bits per heavy atom. The van der Waals surface area contributed by atoms with E-state index in [2.05, 4.69) is 28.9 Å². The summed E-state index contributed by atoms with van der Waals surface area (Å²) >= 11 is 0. The molecule has 16 heavy (non-hydrogen) atoms. The van der Waals surface area contributed by atoms with Crippen molar-refractivity contribution in [3.8, 4) is 0 Å². The van der Waals surface area contributed by atoms with E-state index in [0.29, 0.717) is 25.0 Å². The maximum Gasteiger partial charge on any atom is 0.244 e. The first kappa shape index (κ1) is 11.5. The first-order valence-electron chi connectivity index (χ1n) is 6.00. The van der Waals surface area contributed by atoms with Crippen LogP contribution in [0, 0.1) is 0 Å². The van der Waals surface area contributed by atoms with E-state index in [4.69, 9.17) is 10.3 Å². The lowest BCUT2D eigenvalue weighted by Gasteiger charge is -2.25. The summed E-state index contributed by atoms with van der Waals surface area (Å²) < 4.78 is 5.32. The van der Waals surface area contributed by atoms with Crippen LogP contribution < -0.4 is 5.73 Å². The second-order valence-electron chi connectivity index (χ2n) is 4.58. The zero-order valence-corrected chi connectivity index (χ0v) is 10.0. The summed E-state index contributed by atoms with van der Waals surface area (Å²) in [6.45, 7) is 6.10. The van der Waals surface area contributed by atoms with Crippen LogP contribution in [0.5, 0.6) is 0 Å². The van der Waals surface area contributed by atoms with Crippen molar-refractivity contribution in [1.29, 1.82) is 0 Å². The Morgan fingerprint density at radius 2 is 2.38 bits per heavy atom. The molecule has 0 saturated carbocycles. The predicted octanol–water partition coefficient (Wildman–Crippen LogP) is 1.12. The van der Waals surface area contributed by atoms with Gasteiger partial charge < -0.3 is 10.3 Å². The van der Waals surface area contributed by atoms with Crippen LogP contribution in [0.15, 0.2) is 4.52 Å². The lowest BCUT2D eigenvalue weighted by Crippen LogP contribution is -2.30. The molecule has 2 N–H and O–H groups in total. The highest BCUT2D eigenvalue weighted by molar-refractivity contribution is 4.97. The van der Waals surface area contributed by atoms with E-state index in [1.54, 1.807) is 0 Å². The Kier molecular flexibility index (Phi) is 3.56. The minimum Gasteiger partial charge on any atom is -0.338 e. The fourth-order valence-corrected chi connectivity index (χ4v) is 2.31. The Balaban J connectivity index is 2.10. The lowest BCUT2D eigenvalue weighted by atomic mass is 10.2. The Labute approximate surface area is 96.0 Å². The molecule has 1 unspecified atom stereocenters. The first-order valence-corrected chi connectivity index (χ1v) is 6.00. The van der Waals surface area contributed by atoms with Crippen LogP contribution in [0.1, 0.15) is 44.4 Å². The lowest BCUT2D eigenvalue weighted by molar-refractivity contribution is 0.170. The third-order valence-corrected chi connectivity index (χ3v) is 3.09. The van der Waals surface area contributed by atoms with Crippen molar-refractivity contribution in [2.75, 3.05) is 13.1 Å². The average molecular weight is 224 g/mol. The first-order chi connectivity index (χ1) is 7.72. The summed E-state index contributed by atoms with van der Waals surface area (Å²) in [5.74, 6) is 1.49. The Hall–Kier alpha value is -0.940. The van der Waals surface area contributed by atoms with E-state index in [-0.39, 0.29) is 0 Å². The van der Waals surface area contributed by atoms with Crippen molar-refractivity contribution in [1.82, 2.24) is 15.0 Å². The van der Waals surface area contributed by atoms with Crippen LogP contribution in [-0.2, 0) is 6.42 Å². The van der Waals surface area contributed by atoms with E-state index < -0.39 is 0 Å². The van der Waals surface area contributed by atoms with Gasteiger partial charge in [0.1, 0.15) is 0 Å². The van der Waals surface area contributed by atoms with Gasteiger partial charge in [-0.25, -0.2) is 0 Å². The van der Waals surface area contributed by atoms with Gasteiger partial charge in [-0.2, -0.15) is 4.98 Å². The average Bonchev–Trinajstić information content (AvgIpc) is 2.83. The molecular formula is C11H20N4O. The predicted molar refractivity (Wildman–Crippen MR) is 60.9 cm³/mol. The van der Waals surface area contributed by atoms with Gasteiger partial charge in [0.05, 0.1) is 6.04 Å². The van der Waals surface area contributed by atoms with Gasteiger partial charge in [0.15, 0.2) is 5.82 Å². The van der Waals surface area contributed by atoms with Crippen LogP contribution in [0.4, 0.5) is 0 Å². The summed E-state index contributed by atoms with van der Waals surface area (Å²) in [6.07, 6.45) is 3.01. The number of likely N-dealkylation sites (tertiary alicyclic amines) is 1. The molecule has 1 saturated heterocycles. The smallest absolute Gasteiger partial charge is 0.244 e. The third-order valence-electron chi connectivity index (χ3n) is 3.09. The number of nitrogens with zero attached hydrogens (tertiary/aromatic N) is 3. The monoisotopic (exact) mass is 224 g/mol. The van der Waals surface area contributed by atoms with Crippen LogP contribution >= 0.6 is 0 Å². The van der Waals surface area contributed by atoms with Crippen molar-refractivity contribution >= 4 is 0 Å². The van der Waals surface area contributed by atoms with E-state index in [1.807, 2.05) is 0 Å². The van der Waals surface area contributed by atoms with Gasteiger partial charge in [-0.3, -0.25) is 4.90 Å². The fourth-order valence-electron chi connectivity index (χ4n) is 2.31. The summed E-state index contributed by atoms with van der Waals surface area (Å²) in [7, 11) is 0. The molecule has 90 valence electrons. The third kappa shape index (κ3) is 2.25. The molecule has 1 atom stereocenters. The van der Waals surface area contributed by atoms with Crippen LogP contribution in [0.2, 0.25) is 0 Å². The van der Waals surface area contributed by atoms with Crippen molar-refractivity contribution in [3.05, 3.63) is 11.7 Å². The van der Waals surface area contributed by atoms with Crippen molar-refractivity contribution in [2.45, 2.75) is 45.2 Å². The molecule has 1 aromatic rings. The van der Waals surface area contributed by atoms with E-state index >= 15 is 0 Å². The van der Waals surface area contributed by atoms with Gasteiger partial charge in [-0.15, -0.1) is 0 Å². The van der Waals surface area contributed by atoms with E-state index in [0.717, 1.165) is 24.7 Å². The highest BCUT2D eigenvalue weighted by atomic mass is 16.5. The zero-order chi connectivity index (χ0) is 11.5. The molecule has 1 fully saturated rings. The molecule has 0 radical (unpaired) electrons. The molecule has 1 aromatic heterocycles. The molecule has 0 amide bonds. The van der Waals surface area contributed by atoms with Crippen molar-refractivity contribution < 1.29 is 4.52 Å². The van der Waals surface area contributed by atoms with Crippen molar-refractivity contribution in [3.63, 3.8) is 0 Å². The number of aromatic nitrogens is 2. The number of nitrogens with two attached hydrogens (primary N) is 1. The fraction of sp³-hybridized carbons (Fsp3) is 0.818. The normalized spacial score (nSPS) is 22.1. The summed E-state index contributed by atoms with van der Waals surface area (Å²) in [5, 5.41) is 3.95. The van der Waals surface area contributed by atoms with Crippen LogP contribution in [0.3, 0.4) is 0 Å². The number of hydrogen-bond donors (Lipinski definition) is 1. The highest BCUT2D eigenvalue weighted by Crippen LogP contribution is 2.32. The van der Waals surface area contributed by atoms with E-state index in [1.165, 1.54) is 6.42 Å². The largest absolute Gasteiger partial charge is 0.338 e. The second-order valence-corrected chi connectivity index (χ2v) is 4.58. The topological polar surface area (TPSA) is 68.2 Å². The second kappa shape index (κ2) is 4.93. The van der Waals surface area contributed by atoms with Gasteiger partial charge in [-0.1, -0.05) is 5.16 Å². The number of rotatable bonds is 4. The summed E-state index contributed by atoms with van der Waals surface area (Å²) in [4.78, 5) is 6.83. The summed E-state index contributed by atoms with van der Waals surface area (Å²) in [5.41, 5.74) is 5.47. The molecular weight excluding hydrogens is 204 g/mol. The van der Waals surface area contributed by atoms with Gasteiger partial charge in [0.25, 0.3) is 0 Å². The van der Waals surface area contributed by atoms with Crippen LogP contribution in [-0.4, -0.2) is 34.2 Å². The molecule has 2 heterocycles. The molecule has 1 aliphatic heterocycles. The van der Waals surface area contributed by atoms with Gasteiger partial charge >= 0.3 is 0 Å². The quantitative estimate of drug-likeness (QED) is 0.830. The SMILES string of the molecule is CC(C)N1CCCC1c1nc(CCN)no1. The molecule has 0 spiro atoms. The van der Waals surface area contributed by atoms with E-state index in [9.17, 15) is 0 Å². The molecule has 0 bridgehead atoms. The van der Waals surface area contributed by atoms with Crippen LogP contribution in [0.25, 0.3) is 0 Å². The molecule has 0 aliphatic carbocycles. The standard InChI is InChI=1S/C11H20N4O/c1-8(2)15-7-3-4-9(15)11-13-10(5-6-12)14-16-11/h8-9H,3-7,12H2,1-2H3. The summed E-state index contributed by atoms with van der Waals surface area (Å²) in [6, 6.07) is 0.830. The molecule has 5 heteroatoms. The maximum absolute atomic E-state index is 5.47. The highest BCUT2D eigenvalue weighted by Gasteiger charge is 2.31. The maximum atomic E-state index is 5.47. The van der Waals surface area contributed by atoms with Gasteiger partial charge in [0.2, 0.25) is 5.89 Å². The van der Waals surface area contributed by atoms with Gasteiger partial charge in [0, 0.05) is 12.5 Å². The Bertz CT molecular complexity index is 336. The molecule has 0 aromatic carbocycles.